The van der Waals surface area contributed by atoms with E-state index in [1.165, 1.54) is 13.4 Å². The number of hydrogen-bond donors (Lipinski definition) is 1. The molecule has 96 valence electrons. The first-order chi connectivity index (χ1) is 7.99. The first-order valence-electron chi connectivity index (χ1n) is 5.41. The maximum atomic E-state index is 11.2. The van der Waals surface area contributed by atoms with Gasteiger partial charge in [-0.15, -0.1) is 0 Å². The highest BCUT2D eigenvalue weighted by atomic mass is 32.2. The van der Waals surface area contributed by atoms with E-state index >= 15 is 0 Å². The van der Waals surface area contributed by atoms with Gasteiger partial charge >= 0.3 is 0 Å². The van der Waals surface area contributed by atoms with Gasteiger partial charge < -0.3 is 14.6 Å². The Hall–Kier alpha value is -1.08. The van der Waals surface area contributed by atoms with Crippen LogP contribution in [0.3, 0.4) is 0 Å². The fraction of sp³-hybridized carbons (Fsp3) is 0.700. The summed E-state index contributed by atoms with van der Waals surface area (Å²) in [6.07, 6.45) is 2.63. The molecule has 0 saturated heterocycles. The standard InChI is InChI=1S/C10H16N2O4S/c1-15-10-5-8(16-12-10)6-11-7-3-9(4-7)17(2,13)14/h5,7,9,11H,3-4,6H2,1-2H3. The fourth-order valence-corrected chi connectivity index (χ4v) is 2.96. The normalized spacial score (nSPS) is 24.4. The molecule has 0 spiro atoms. The first-order valence-corrected chi connectivity index (χ1v) is 7.36. The minimum Gasteiger partial charge on any atom is -0.479 e. The van der Waals surface area contributed by atoms with Crippen molar-refractivity contribution in [2.75, 3.05) is 13.4 Å². The molecule has 1 aliphatic carbocycles. The molecule has 0 atom stereocenters. The van der Waals surface area contributed by atoms with Gasteiger partial charge in [0.15, 0.2) is 5.76 Å². The summed E-state index contributed by atoms with van der Waals surface area (Å²) >= 11 is 0. The number of ether oxygens (including phenoxy) is 1. The largest absolute Gasteiger partial charge is 0.479 e. The van der Waals surface area contributed by atoms with E-state index in [4.69, 9.17) is 9.26 Å². The molecule has 0 aliphatic heterocycles. The van der Waals surface area contributed by atoms with Gasteiger partial charge in [0.1, 0.15) is 9.84 Å². The second-order valence-corrected chi connectivity index (χ2v) is 6.66. The average Bonchev–Trinajstić information content (AvgIpc) is 2.61. The molecule has 1 N–H and O–H groups in total. The van der Waals surface area contributed by atoms with Crippen LogP contribution >= 0.6 is 0 Å². The molecule has 1 aromatic heterocycles. The molecule has 0 amide bonds. The van der Waals surface area contributed by atoms with Crippen LogP contribution < -0.4 is 10.1 Å². The zero-order valence-corrected chi connectivity index (χ0v) is 10.7. The SMILES string of the molecule is COc1cc(CNC2CC(S(C)(=O)=O)C2)on1. The molecule has 1 fully saturated rings. The van der Waals surface area contributed by atoms with E-state index in [2.05, 4.69) is 10.5 Å². The number of hydrogen-bond acceptors (Lipinski definition) is 6. The highest BCUT2D eigenvalue weighted by molar-refractivity contribution is 7.91. The summed E-state index contributed by atoms with van der Waals surface area (Å²) in [5.41, 5.74) is 0. The molecule has 17 heavy (non-hydrogen) atoms. The van der Waals surface area contributed by atoms with Crippen LogP contribution in [0.4, 0.5) is 0 Å². The van der Waals surface area contributed by atoms with Gasteiger partial charge in [-0.05, 0) is 18.0 Å². The number of rotatable bonds is 5. The lowest BCUT2D eigenvalue weighted by molar-refractivity contribution is 0.298. The number of aromatic nitrogens is 1. The van der Waals surface area contributed by atoms with Gasteiger partial charge in [-0.1, -0.05) is 0 Å². The lowest BCUT2D eigenvalue weighted by Gasteiger charge is -2.34. The number of nitrogens with one attached hydrogen (secondary N) is 1. The van der Waals surface area contributed by atoms with Crippen LogP contribution in [0.1, 0.15) is 18.6 Å². The molecular weight excluding hydrogens is 244 g/mol. The molecule has 1 saturated carbocycles. The molecule has 7 heteroatoms. The highest BCUT2D eigenvalue weighted by Gasteiger charge is 2.35. The maximum absolute atomic E-state index is 11.2. The quantitative estimate of drug-likeness (QED) is 0.822. The summed E-state index contributed by atoms with van der Waals surface area (Å²) in [6, 6.07) is 1.95. The summed E-state index contributed by atoms with van der Waals surface area (Å²) in [5, 5.41) is 6.71. The van der Waals surface area contributed by atoms with E-state index in [1.807, 2.05) is 0 Å². The van der Waals surface area contributed by atoms with E-state index in [0.29, 0.717) is 31.0 Å². The lowest BCUT2D eigenvalue weighted by atomic mass is 9.92. The average molecular weight is 260 g/mol. The third-order valence-electron chi connectivity index (χ3n) is 3.01. The summed E-state index contributed by atoms with van der Waals surface area (Å²) in [7, 11) is -1.35. The molecular formula is C10H16N2O4S. The van der Waals surface area contributed by atoms with Crippen LogP contribution in [-0.2, 0) is 16.4 Å². The Morgan fingerprint density at radius 3 is 2.82 bits per heavy atom. The molecule has 1 aliphatic rings. The van der Waals surface area contributed by atoms with Crippen LogP contribution in [0.2, 0.25) is 0 Å². The molecule has 1 heterocycles. The number of sulfone groups is 1. The molecule has 0 bridgehead atoms. The van der Waals surface area contributed by atoms with E-state index in [9.17, 15) is 8.42 Å². The van der Waals surface area contributed by atoms with Crippen molar-refractivity contribution in [3.63, 3.8) is 0 Å². The number of nitrogens with zero attached hydrogens (tertiary/aromatic N) is 1. The van der Waals surface area contributed by atoms with Crippen LogP contribution in [-0.4, -0.2) is 38.2 Å². The zero-order chi connectivity index (χ0) is 12.5. The van der Waals surface area contributed by atoms with Crippen LogP contribution in [0.15, 0.2) is 10.6 Å². The minimum atomic E-state index is -2.88. The van der Waals surface area contributed by atoms with Crippen LogP contribution in [0, 0.1) is 0 Å². The zero-order valence-electron chi connectivity index (χ0n) is 9.84. The van der Waals surface area contributed by atoms with Crippen molar-refractivity contribution in [3.05, 3.63) is 11.8 Å². The fourth-order valence-electron chi connectivity index (χ4n) is 1.80. The topological polar surface area (TPSA) is 81.4 Å². The van der Waals surface area contributed by atoms with Gasteiger partial charge in [0.25, 0.3) is 5.88 Å². The van der Waals surface area contributed by atoms with E-state index in [-0.39, 0.29) is 11.3 Å². The smallest absolute Gasteiger partial charge is 0.254 e. The van der Waals surface area contributed by atoms with E-state index in [1.54, 1.807) is 6.07 Å². The summed E-state index contributed by atoms with van der Waals surface area (Å²) in [4.78, 5) is 0. The second-order valence-electron chi connectivity index (χ2n) is 4.34. The maximum Gasteiger partial charge on any atom is 0.254 e. The van der Waals surface area contributed by atoms with Crippen molar-refractivity contribution in [2.24, 2.45) is 0 Å². The Morgan fingerprint density at radius 1 is 1.59 bits per heavy atom. The summed E-state index contributed by atoms with van der Waals surface area (Å²) in [6.45, 7) is 0.539. The highest BCUT2D eigenvalue weighted by Crippen LogP contribution is 2.26. The Labute approximate surface area is 100 Å². The Bertz CT molecular complexity index is 476. The van der Waals surface area contributed by atoms with E-state index < -0.39 is 9.84 Å². The first kappa shape index (κ1) is 12.4. The van der Waals surface area contributed by atoms with Crippen molar-refractivity contribution >= 4 is 9.84 Å². The van der Waals surface area contributed by atoms with Crippen molar-refractivity contribution in [3.8, 4) is 5.88 Å². The van der Waals surface area contributed by atoms with Crippen LogP contribution in [0.5, 0.6) is 5.88 Å². The van der Waals surface area contributed by atoms with Gasteiger partial charge in [-0.3, -0.25) is 0 Å². The Kier molecular flexibility index (Phi) is 3.39. The lowest BCUT2D eigenvalue weighted by Crippen LogP contribution is -2.47. The third kappa shape index (κ3) is 2.98. The molecule has 0 aromatic carbocycles. The third-order valence-corrected chi connectivity index (χ3v) is 4.61. The van der Waals surface area contributed by atoms with Gasteiger partial charge in [-0.2, -0.15) is 0 Å². The van der Waals surface area contributed by atoms with Crippen LogP contribution in [0.25, 0.3) is 0 Å². The van der Waals surface area contributed by atoms with Crippen molar-refractivity contribution in [2.45, 2.75) is 30.7 Å². The molecule has 1 aromatic rings. The summed E-state index contributed by atoms with van der Waals surface area (Å²) in [5.74, 6) is 1.13. The van der Waals surface area contributed by atoms with Gasteiger partial charge in [0.05, 0.1) is 18.9 Å². The summed E-state index contributed by atoms with van der Waals surface area (Å²) < 4.78 is 32.3. The predicted octanol–water partition coefficient (Wildman–Crippen LogP) is 0.348. The van der Waals surface area contributed by atoms with Gasteiger partial charge in [-0.25, -0.2) is 8.42 Å². The van der Waals surface area contributed by atoms with Gasteiger partial charge in [0.2, 0.25) is 0 Å². The Morgan fingerprint density at radius 2 is 2.29 bits per heavy atom. The Balaban J connectivity index is 1.74. The van der Waals surface area contributed by atoms with E-state index in [0.717, 1.165) is 0 Å². The second kappa shape index (κ2) is 4.66. The monoisotopic (exact) mass is 260 g/mol. The molecule has 2 rings (SSSR count). The molecule has 0 unspecified atom stereocenters. The van der Waals surface area contributed by atoms with Gasteiger partial charge in [0, 0.05) is 18.4 Å². The minimum absolute atomic E-state index is 0.190. The molecule has 6 nitrogen and oxygen atoms in total. The van der Waals surface area contributed by atoms with Crippen molar-refractivity contribution < 1.29 is 17.7 Å². The van der Waals surface area contributed by atoms with Crippen molar-refractivity contribution in [1.29, 1.82) is 0 Å². The number of methoxy groups -OCH3 is 1. The molecule has 0 radical (unpaired) electrons. The van der Waals surface area contributed by atoms with Crippen molar-refractivity contribution in [1.82, 2.24) is 10.5 Å². The predicted molar refractivity (Wildman–Crippen MR) is 61.5 cm³/mol.